The number of likely N-dealkylation sites (tertiary alicyclic amines) is 1. The third-order valence-corrected chi connectivity index (χ3v) is 7.36. The lowest BCUT2D eigenvalue weighted by Crippen LogP contribution is -2.43. The Hall–Kier alpha value is -2.70. The minimum Gasteiger partial charge on any atom is -0.371 e. The lowest BCUT2D eigenvalue weighted by molar-refractivity contribution is 0.102. The number of amides is 1. The van der Waals surface area contributed by atoms with Crippen molar-refractivity contribution in [2.45, 2.75) is 38.6 Å². The maximum atomic E-state index is 13.0. The second-order valence-electron chi connectivity index (χ2n) is 8.88. The summed E-state index contributed by atoms with van der Waals surface area (Å²) in [5, 5.41) is 5.60. The maximum absolute atomic E-state index is 13.0. The number of hydrogen-bond acceptors (Lipinski definition) is 5. The summed E-state index contributed by atoms with van der Waals surface area (Å²) in [6, 6.07) is 17.0. The molecule has 3 heterocycles. The Morgan fingerprint density at radius 2 is 1.78 bits per heavy atom. The number of rotatable bonds is 5. The molecule has 5 nitrogen and oxygen atoms in total. The van der Waals surface area contributed by atoms with Crippen molar-refractivity contribution >= 4 is 28.1 Å². The molecule has 166 valence electrons. The van der Waals surface area contributed by atoms with Gasteiger partial charge in [-0.1, -0.05) is 30.3 Å². The van der Waals surface area contributed by atoms with Crippen molar-refractivity contribution in [2.75, 3.05) is 36.4 Å². The first kappa shape index (κ1) is 21.2. The highest BCUT2D eigenvalue weighted by atomic mass is 32.1. The van der Waals surface area contributed by atoms with E-state index in [1.807, 2.05) is 47.8 Å². The Bertz CT molecular complexity index is 1070. The van der Waals surface area contributed by atoms with Gasteiger partial charge in [0.15, 0.2) is 5.13 Å². The minimum absolute atomic E-state index is 0.101. The van der Waals surface area contributed by atoms with E-state index in [-0.39, 0.29) is 5.91 Å². The van der Waals surface area contributed by atoms with Gasteiger partial charge in [0.05, 0.1) is 5.69 Å². The van der Waals surface area contributed by atoms with Crippen molar-refractivity contribution in [3.8, 4) is 11.3 Å². The zero-order valence-corrected chi connectivity index (χ0v) is 19.4. The highest BCUT2D eigenvalue weighted by Gasteiger charge is 2.26. The summed E-state index contributed by atoms with van der Waals surface area (Å²) in [6.45, 7) is 6.70. The highest BCUT2D eigenvalue weighted by molar-refractivity contribution is 7.14. The van der Waals surface area contributed by atoms with Crippen molar-refractivity contribution in [3.63, 3.8) is 0 Å². The molecule has 0 saturated carbocycles. The van der Waals surface area contributed by atoms with Gasteiger partial charge in [0.25, 0.3) is 5.91 Å². The van der Waals surface area contributed by atoms with Gasteiger partial charge in [-0.3, -0.25) is 10.1 Å². The van der Waals surface area contributed by atoms with Crippen LogP contribution in [0, 0.1) is 6.92 Å². The predicted octanol–water partition coefficient (Wildman–Crippen LogP) is 5.44. The predicted molar refractivity (Wildman–Crippen MR) is 133 cm³/mol. The molecule has 1 N–H and O–H groups in total. The molecule has 32 heavy (non-hydrogen) atoms. The number of nitrogens with zero attached hydrogens (tertiary/aromatic N) is 3. The Morgan fingerprint density at radius 3 is 2.53 bits per heavy atom. The van der Waals surface area contributed by atoms with E-state index in [0.717, 1.165) is 41.6 Å². The summed E-state index contributed by atoms with van der Waals surface area (Å²) in [4.78, 5) is 22.7. The van der Waals surface area contributed by atoms with Gasteiger partial charge in [-0.05, 0) is 69.5 Å². The average Bonchev–Trinajstić information content (AvgIpc) is 3.52. The van der Waals surface area contributed by atoms with Crippen LogP contribution < -0.4 is 10.2 Å². The van der Waals surface area contributed by atoms with Crippen LogP contribution in [0.15, 0.2) is 53.9 Å². The highest BCUT2D eigenvalue weighted by Crippen LogP contribution is 2.28. The van der Waals surface area contributed by atoms with Gasteiger partial charge in [0.1, 0.15) is 0 Å². The molecule has 2 saturated heterocycles. The molecule has 0 radical (unpaired) electrons. The summed E-state index contributed by atoms with van der Waals surface area (Å²) >= 11 is 1.46. The molecule has 0 aliphatic carbocycles. The number of anilines is 2. The third kappa shape index (κ3) is 4.71. The number of benzene rings is 2. The van der Waals surface area contributed by atoms with Crippen LogP contribution in [0.1, 0.15) is 41.6 Å². The van der Waals surface area contributed by atoms with Crippen LogP contribution >= 0.6 is 11.3 Å². The first-order chi connectivity index (χ1) is 15.7. The lowest BCUT2D eigenvalue weighted by atomic mass is 10.0. The first-order valence-corrected chi connectivity index (χ1v) is 12.5. The Morgan fingerprint density at radius 1 is 1.03 bits per heavy atom. The minimum atomic E-state index is -0.101. The van der Waals surface area contributed by atoms with Crippen molar-refractivity contribution in [1.29, 1.82) is 0 Å². The SMILES string of the molecule is Cc1cc(C(=O)Nc2nc(-c3ccccc3)cs2)cc(N2CCC(N3CCCC3)CC2)c1. The zero-order valence-electron chi connectivity index (χ0n) is 18.6. The molecule has 2 aliphatic heterocycles. The Kier molecular flexibility index (Phi) is 6.23. The largest absolute Gasteiger partial charge is 0.371 e. The molecule has 2 fully saturated rings. The standard InChI is InChI=1S/C26H30N4OS/c1-19-15-21(25(31)28-26-27-24(18-32-26)20-7-3-2-4-8-20)17-23(16-19)30-13-9-22(10-14-30)29-11-5-6-12-29/h2-4,7-8,15-18,22H,5-6,9-14H2,1H3,(H,27,28,31). The second-order valence-corrected chi connectivity index (χ2v) is 9.73. The number of carbonyl (C=O) groups excluding carboxylic acids is 1. The topological polar surface area (TPSA) is 48.5 Å². The summed E-state index contributed by atoms with van der Waals surface area (Å²) in [5.41, 5.74) is 4.90. The molecule has 0 bridgehead atoms. The van der Waals surface area contributed by atoms with Gasteiger partial charge in [-0.25, -0.2) is 4.98 Å². The van der Waals surface area contributed by atoms with Crippen LogP contribution in [0.5, 0.6) is 0 Å². The van der Waals surface area contributed by atoms with Crippen LogP contribution in [0.3, 0.4) is 0 Å². The molecule has 2 aromatic carbocycles. The van der Waals surface area contributed by atoms with Crippen LogP contribution in [-0.2, 0) is 0 Å². The number of aromatic nitrogens is 1. The normalized spacial score (nSPS) is 17.6. The lowest BCUT2D eigenvalue weighted by Gasteiger charge is -2.38. The average molecular weight is 447 g/mol. The van der Waals surface area contributed by atoms with Crippen LogP contribution in [-0.4, -0.2) is 48.0 Å². The molecule has 2 aliphatic rings. The van der Waals surface area contributed by atoms with E-state index in [2.05, 4.69) is 33.1 Å². The summed E-state index contributed by atoms with van der Waals surface area (Å²) in [5.74, 6) is -0.101. The number of hydrogen-bond donors (Lipinski definition) is 1. The van der Waals surface area contributed by atoms with Crippen molar-refractivity contribution < 1.29 is 4.79 Å². The number of carbonyl (C=O) groups is 1. The summed E-state index contributed by atoms with van der Waals surface area (Å²) < 4.78 is 0. The second kappa shape index (κ2) is 9.43. The van der Waals surface area contributed by atoms with Gasteiger partial charge in [0.2, 0.25) is 0 Å². The van der Waals surface area contributed by atoms with Crippen LogP contribution in [0.2, 0.25) is 0 Å². The van der Waals surface area contributed by atoms with Gasteiger partial charge < -0.3 is 9.80 Å². The van der Waals surface area contributed by atoms with E-state index in [1.165, 1.54) is 50.1 Å². The molecular formula is C26H30N4OS. The monoisotopic (exact) mass is 446 g/mol. The smallest absolute Gasteiger partial charge is 0.257 e. The van der Waals surface area contributed by atoms with Gasteiger partial charge in [-0.15, -0.1) is 11.3 Å². The van der Waals surface area contributed by atoms with E-state index in [1.54, 1.807) is 0 Å². The number of piperidine rings is 1. The number of nitrogens with one attached hydrogen (secondary N) is 1. The number of aryl methyl sites for hydroxylation is 1. The molecule has 1 amide bonds. The molecular weight excluding hydrogens is 416 g/mol. The quantitative estimate of drug-likeness (QED) is 0.567. The van der Waals surface area contributed by atoms with Crippen LogP contribution in [0.25, 0.3) is 11.3 Å². The first-order valence-electron chi connectivity index (χ1n) is 11.6. The number of thiazole rings is 1. The van der Waals surface area contributed by atoms with E-state index in [4.69, 9.17) is 0 Å². The fourth-order valence-electron chi connectivity index (χ4n) is 4.91. The van der Waals surface area contributed by atoms with Gasteiger partial charge in [-0.2, -0.15) is 0 Å². The van der Waals surface area contributed by atoms with Gasteiger partial charge in [0, 0.05) is 41.3 Å². The van der Waals surface area contributed by atoms with Crippen molar-refractivity contribution in [2.24, 2.45) is 0 Å². The Labute approximate surface area is 194 Å². The molecule has 0 unspecified atom stereocenters. The van der Waals surface area contributed by atoms with Crippen LogP contribution in [0.4, 0.5) is 10.8 Å². The van der Waals surface area contributed by atoms with E-state index < -0.39 is 0 Å². The fourth-order valence-corrected chi connectivity index (χ4v) is 5.63. The molecule has 5 rings (SSSR count). The zero-order chi connectivity index (χ0) is 21.9. The maximum Gasteiger partial charge on any atom is 0.257 e. The van der Waals surface area contributed by atoms with E-state index >= 15 is 0 Å². The van der Waals surface area contributed by atoms with Crippen molar-refractivity contribution in [1.82, 2.24) is 9.88 Å². The molecule has 3 aromatic rings. The third-order valence-electron chi connectivity index (χ3n) is 6.61. The summed E-state index contributed by atoms with van der Waals surface area (Å²) in [6.07, 6.45) is 5.11. The van der Waals surface area contributed by atoms with Crippen molar-refractivity contribution in [3.05, 3.63) is 65.0 Å². The molecule has 1 aromatic heterocycles. The molecule has 0 atom stereocenters. The molecule has 6 heteroatoms. The van der Waals surface area contributed by atoms with Gasteiger partial charge >= 0.3 is 0 Å². The molecule has 0 spiro atoms. The van der Waals surface area contributed by atoms with E-state index in [9.17, 15) is 4.79 Å². The fraction of sp³-hybridized carbons (Fsp3) is 0.385. The Balaban J connectivity index is 1.26. The summed E-state index contributed by atoms with van der Waals surface area (Å²) in [7, 11) is 0. The van der Waals surface area contributed by atoms with E-state index in [0.29, 0.717) is 10.7 Å².